The van der Waals surface area contributed by atoms with E-state index < -0.39 is 11.6 Å². The average molecular weight is 317 g/mol. The van der Waals surface area contributed by atoms with Crippen molar-refractivity contribution in [3.63, 3.8) is 0 Å². The van der Waals surface area contributed by atoms with Gasteiger partial charge in [0.2, 0.25) is 12.1 Å². The Morgan fingerprint density at radius 3 is 2.61 bits per heavy atom. The molecule has 2 aromatic rings. The highest BCUT2D eigenvalue weighted by Crippen LogP contribution is 2.09. The van der Waals surface area contributed by atoms with E-state index >= 15 is 0 Å². The standard InChI is InChI=1S/C12H11F2N2O.BrH/c1-15-4-5-16(8-15)7-12(17)9-2-3-10(13)11(14)6-9;/h2-6,8H,7H2,1H3;1H/q+1;/p-1. The van der Waals surface area contributed by atoms with Crippen molar-refractivity contribution in [2.24, 2.45) is 7.05 Å². The zero-order valence-corrected chi connectivity index (χ0v) is 11.2. The third-order valence-corrected chi connectivity index (χ3v) is 2.39. The lowest BCUT2D eigenvalue weighted by Gasteiger charge is -1.99. The van der Waals surface area contributed by atoms with Gasteiger partial charge in [0, 0.05) is 5.56 Å². The minimum Gasteiger partial charge on any atom is -1.00 e. The van der Waals surface area contributed by atoms with E-state index in [1.807, 2.05) is 7.05 Å². The zero-order chi connectivity index (χ0) is 12.4. The largest absolute Gasteiger partial charge is 1.00 e. The van der Waals surface area contributed by atoms with Crippen LogP contribution in [0.25, 0.3) is 0 Å². The molecule has 1 aromatic carbocycles. The van der Waals surface area contributed by atoms with Gasteiger partial charge < -0.3 is 17.0 Å². The van der Waals surface area contributed by atoms with Crippen LogP contribution in [0.3, 0.4) is 0 Å². The molecule has 0 radical (unpaired) electrons. The molecule has 0 bridgehead atoms. The number of carbonyl (C=O) groups is 1. The molecular formula is C12H11BrF2N2O. The Morgan fingerprint density at radius 1 is 1.33 bits per heavy atom. The summed E-state index contributed by atoms with van der Waals surface area (Å²) in [5.41, 5.74) is 0.167. The third-order valence-electron chi connectivity index (χ3n) is 2.39. The zero-order valence-electron chi connectivity index (χ0n) is 9.61. The van der Waals surface area contributed by atoms with Crippen LogP contribution in [-0.4, -0.2) is 10.4 Å². The highest BCUT2D eigenvalue weighted by Gasteiger charge is 2.13. The van der Waals surface area contributed by atoms with Crippen LogP contribution in [0.2, 0.25) is 0 Å². The summed E-state index contributed by atoms with van der Waals surface area (Å²) in [5, 5.41) is 0. The molecule has 0 aliphatic carbocycles. The molecule has 18 heavy (non-hydrogen) atoms. The molecule has 2 rings (SSSR count). The summed E-state index contributed by atoms with van der Waals surface area (Å²) >= 11 is 0. The molecule has 96 valence electrons. The summed E-state index contributed by atoms with van der Waals surface area (Å²) in [7, 11) is 1.83. The Morgan fingerprint density at radius 2 is 2.06 bits per heavy atom. The van der Waals surface area contributed by atoms with Crippen molar-refractivity contribution in [1.29, 1.82) is 0 Å². The van der Waals surface area contributed by atoms with Crippen LogP contribution in [0.4, 0.5) is 8.78 Å². The van der Waals surface area contributed by atoms with E-state index in [-0.39, 0.29) is 34.9 Å². The lowest BCUT2D eigenvalue weighted by Crippen LogP contribution is -3.00. The second kappa shape index (κ2) is 5.86. The maximum atomic E-state index is 12.9. The quantitative estimate of drug-likeness (QED) is 0.499. The first-order chi connectivity index (χ1) is 8.06. The number of imidazole rings is 1. The van der Waals surface area contributed by atoms with Crippen LogP contribution in [0.5, 0.6) is 0 Å². The first-order valence-corrected chi connectivity index (χ1v) is 5.05. The predicted molar refractivity (Wildman–Crippen MR) is 56.3 cm³/mol. The first-order valence-electron chi connectivity index (χ1n) is 5.05. The van der Waals surface area contributed by atoms with Crippen LogP contribution < -0.4 is 21.5 Å². The van der Waals surface area contributed by atoms with Gasteiger partial charge in [-0.3, -0.25) is 4.79 Å². The summed E-state index contributed by atoms with van der Waals surface area (Å²) in [6.07, 6.45) is 5.26. The van der Waals surface area contributed by atoms with Crippen molar-refractivity contribution in [3.05, 3.63) is 54.1 Å². The molecule has 6 heteroatoms. The summed E-state index contributed by atoms with van der Waals surface area (Å²) in [6.45, 7) is 0.103. The molecule has 0 amide bonds. The van der Waals surface area contributed by atoms with Crippen molar-refractivity contribution >= 4 is 5.78 Å². The van der Waals surface area contributed by atoms with E-state index in [0.29, 0.717) is 0 Å². The number of ketones is 1. The molecule has 0 fully saturated rings. The van der Waals surface area contributed by atoms with E-state index in [0.717, 1.165) is 12.1 Å². The number of aromatic nitrogens is 2. The minimum atomic E-state index is -1.01. The molecule has 0 saturated carbocycles. The van der Waals surface area contributed by atoms with Gasteiger partial charge in [0.1, 0.15) is 12.4 Å². The second-order valence-corrected chi connectivity index (χ2v) is 3.80. The average Bonchev–Trinajstić information content (AvgIpc) is 2.68. The van der Waals surface area contributed by atoms with Gasteiger partial charge in [-0.25, -0.2) is 17.9 Å². The van der Waals surface area contributed by atoms with Crippen molar-refractivity contribution in [3.8, 4) is 0 Å². The number of hydrogen-bond donors (Lipinski definition) is 0. The Bertz CT molecular complexity index is 569. The normalized spacial score (nSPS) is 9.94. The molecule has 0 aliphatic rings. The van der Waals surface area contributed by atoms with Crippen molar-refractivity contribution < 1.29 is 35.1 Å². The van der Waals surface area contributed by atoms with Crippen LogP contribution >= 0.6 is 0 Å². The van der Waals surface area contributed by atoms with Crippen molar-refractivity contribution in [2.75, 3.05) is 0 Å². The summed E-state index contributed by atoms with van der Waals surface area (Å²) in [6, 6.07) is 3.16. The van der Waals surface area contributed by atoms with Gasteiger partial charge in [0.15, 0.2) is 18.2 Å². The van der Waals surface area contributed by atoms with Gasteiger partial charge in [-0.15, -0.1) is 0 Å². The maximum absolute atomic E-state index is 12.9. The van der Waals surface area contributed by atoms with Crippen LogP contribution in [-0.2, 0) is 13.6 Å². The molecular weight excluding hydrogens is 306 g/mol. The third kappa shape index (κ3) is 3.22. The highest BCUT2D eigenvalue weighted by atomic mass is 79.9. The monoisotopic (exact) mass is 316 g/mol. The fourth-order valence-corrected chi connectivity index (χ4v) is 1.52. The Balaban J connectivity index is 0.00000162. The number of carbonyl (C=O) groups excluding carboxylic acids is 1. The lowest BCUT2D eigenvalue weighted by atomic mass is 10.1. The van der Waals surface area contributed by atoms with Crippen LogP contribution in [0.1, 0.15) is 10.4 Å². The molecule has 1 aromatic heterocycles. The topological polar surface area (TPSA) is 25.9 Å². The molecule has 0 unspecified atom stereocenters. The Hall–Kier alpha value is -1.56. The number of halogens is 3. The smallest absolute Gasteiger partial charge is 0.243 e. The van der Waals surface area contributed by atoms with Gasteiger partial charge in [-0.05, 0) is 18.2 Å². The van der Waals surface area contributed by atoms with Gasteiger partial charge >= 0.3 is 0 Å². The summed E-state index contributed by atoms with van der Waals surface area (Å²) in [4.78, 5) is 11.8. The van der Waals surface area contributed by atoms with Crippen LogP contribution in [0, 0.1) is 11.6 Å². The van der Waals surface area contributed by atoms with Crippen molar-refractivity contribution in [2.45, 2.75) is 6.54 Å². The first kappa shape index (κ1) is 14.5. The molecule has 0 atom stereocenters. The van der Waals surface area contributed by atoms with Gasteiger partial charge in [-0.2, -0.15) is 0 Å². The summed E-state index contributed by atoms with van der Waals surface area (Å²) < 4.78 is 29.1. The van der Waals surface area contributed by atoms with E-state index in [1.54, 1.807) is 27.9 Å². The minimum absolute atomic E-state index is 0. The molecule has 1 heterocycles. The van der Waals surface area contributed by atoms with Gasteiger partial charge in [-0.1, -0.05) is 0 Å². The fourth-order valence-electron chi connectivity index (χ4n) is 1.52. The fraction of sp³-hybridized carbons (Fsp3) is 0.167. The van der Waals surface area contributed by atoms with E-state index in [1.165, 1.54) is 6.07 Å². The van der Waals surface area contributed by atoms with Crippen LogP contribution in [0.15, 0.2) is 36.9 Å². The summed E-state index contributed by atoms with van der Waals surface area (Å²) in [5.74, 6) is -2.22. The molecule has 0 spiro atoms. The van der Waals surface area contributed by atoms with E-state index in [9.17, 15) is 13.6 Å². The van der Waals surface area contributed by atoms with Gasteiger partial charge in [0.05, 0.1) is 7.05 Å². The lowest BCUT2D eigenvalue weighted by molar-refractivity contribution is -0.671. The number of aryl methyl sites for hydroxylation is 1. The molecule has 0 aliphatic heterocycles. The van der Waals surface area contributed by atoms with E-state index in [2.05, 4.69) is 0 Å². The Labute approximate surface area is 113 Å². The van der Waals surface area contributed by atoms with E-state index in [4.69, 9.17) is 0 Å². The molecule has 3 nitrogen and oxygen atoms in total. The molecule has 0 saturated heterocycles. The SMILES string of the molecule is C[n+]1ccn(CC(=O)c2ccc(F)c(F)c2)c1.[Br-]. The number of rotatable bonds is 3. The van der Waals surface area contributed by atoms with Crippen molar-refractivity contribution in [1.82, 2.24) is 4.57 Å². The number of nitrogens with zero attached hydrogens (tertiary/aromatic N) is 2. The Kier molecular flexibility index (Phi) is 4.72. The number of hydrogen-bond acceptors (Lipinski definition) is 1. The number of Topliss-reactive ketones (excluding diaryl/α,β-unsaturated/α-hetero) is 1. The second-order valence-electron chi connectivity index (χ2n) is 3.80. The highest BCUT2D eigenvalue weighted by molar-refractivity contribution is 5.95. The number of benzene rings is 1. The maximum Gasteiger partial charge on any atom is 0.243 e. The predicted octanol–water partition coefficient (Wildman–Crippen LogP) is -1.52. The molecule has 0 N–H and O–H groups in total. The van der Waals surface area contributed by atoms with Gasteiger partial charge in [0.25, 0.3) is 0 Å².